The minimum absolute atomic E-state index is 0.117. The normalized spacial score (nSPS) is 15.4. The molecule has 2 nitrogen and oxygen atoms in total. The molecule has 1 rings (SSSR count). The Bertz CT molecular complexity index is 409. The van der Waals surface area contributed by atoms with E-state index in [1.165, 1.54) is 11.1 Å². The molecule has 102 valence electrons. The molecule has 0 unspecified atom stereocenters. The van der Waals surface area contributed by atoms with Crippen molar-refractivity contribution in [3.63, 3.8) is 0 Å². The molecule has 0 aliphatic carbocycles. The van der Waals surface area contributed by atoms with Crippen molar-refractivity contribution in [2.75, 3.05) is 12.3 Å². The first kappa shape index (κ1) is 15.4. The van der Waals surface area contributed by atoms with Crippen LogP contribution in [-0.2, 0) is 10.8 Å². The van der Waals surface area contributed by atoms with Gasteiger partial charge in [-0.15, -0.1) is 0 Å². The summed E-state index contributed by atoms with van der Waals surface area (Å²) in [6.07, 6.45) is 0. The van der Waals surface area contributed by atoms with Crippen LogP contribution in [0.2, 0.25) is 0 Å². The number of aryl methyl sites for hydroxylation is 1. The number of rotatable bonds is 5. The van der Waals surface area contributed by atoms with Crippen LogP contribution >= 0.6 is 0 Å². The molecule has 0 amide bonds. The van der Waals surface area contributed by atoms with Crippen LogP contribution in [0.5, 0.6) is 0 Å². The fourth-order valence-electron chi connectivity index (χ4n) is 1.73. The molecule has 0 radical (unpaired) electrons. The lowest BCUT2D eigenvalue weighted by Gasteiger charge is -2.19. The van der Waals surface area contributed by atoms with Crippen LogP contribution in [-0.4, -0.2) is 21.3 Å². The second-order valence-corrected chi connectivity index (χ2v) is 8.08. The lowest BCUT2D eigenvalue weighted by atomic mass is 10.1. The zero-order valence-corrected chi connectivity index (χ0v) is 12.9. The Labute approximate surface area is 114 Å². The van der Waals surface area contributed by atoms with Gasteiger partial charge in [0, 0.05) is 33.9 Å². The Morgan fingerprint density at radius 2 is 2.00 bits per heavy atom. The summed E-state index contributed by atoms with van der Waals surface area (Å²) in [5, 5.41) is 3.44. The maximum absolute atomic E-state index is 11.9. The van der Waals surface area contributed by atoms with Crippen molar-refractivity contribution >= 4 is 10.8 Å². The van der Waals surface area contributed by atoms with Gasteiger partial charge in [-0.1, -0.05) is 29.8 Å². The maximum atomic E-state index is 11.9. The first-order chi connectivity index (χ1) is 8.30. The zero-order valence-electron chi connectivity index (χ0n) is 12.1. The van der Waals surface area contributed by atoms with Gasteiger partial charge in [0.15, 0.2) is 0 Å². The second kappa shape index (κ2) is 6.48. The van der Waals surface area contributed by atoms with Crippen LogP contribution in [0.1, 0.15) is 44.9 Å². The van der Waals surface area contributed by atoms with E-state index in [-0.39, 0.29) is 4.75 Å². The van der Waals surface area contributed by atoms with Gasteiger partial charge in [0.1, 0.15) is 0 Å². The Morgan fingerprint density at radius 1 is 1.33 bits per heavy atom. The predicted molar refractivity (Wildman–Crippen MR) is 80.4 cm³/mol. The smallest absolute Gasteiger partial charge is 0.0375 e. The van der Waals surface area contributed by atoms with Gasteiger partial charge in [-0.25, -0.2) is 0 Å². The Kier molecular flexibility index (Phi) is 5.54. The predicted octanol–water partition coefficient (Wildman–Crippen LogP) is 3.19. The van der Waals surface area contributed by atoms with E-state index in [2.05, 4.69) is 43.4 Å². The SMILES string of the molecule is Cc1cccc([C@H](C)NCC[S@](=O)C(C)(C)C)c1. The summed E-state index contributed by atoms with van der Waals surface area (Å²) in [7, 11) is -0.777. The molecule has 0 saturated carbocycles. The molecule has 1 aromatic carbocycles. The van der Waals surface area contributed by atoms with Crippen LogP contribution in [0.25, 0.3) is 0 Å². The van der Waals surface area contributed by atoms with Crippen molar-refractivity contribution in [2.24, 2.45) is 0 Å². The van der Waals surface area contributed by atoms with E-state index in [0.717, 1.165) is 6.54 Å². The average molecular weight is 267 g/mol. The highest BCUT2D eigenvalue weighted by atomic mass is 32.2. The van der Waals surface area contributed by atoms with Gasteiger partial charge in [0.05, 0.1) is 0 Å². The molecule has 0 aromatic heterocycles. The largest absolute Gasteiger partial charge is 0.309 e. The Hall–Kier alpha value is -0.670. The summed E-state index contributed by atoms with van der Waals surface area (Å²) < 4.78 is 11.8. The molecule has 0 saturated heterocycles. The van der Waals surface area contributed by atoms with Gasteiger partial charge in [0.25, 0.3) is 0 Å². The fraction of sp³-hybridized carbons (Fsp3) is 0.600. The molecule has 3 heteroatoms. The van der Waals surface area contributed by atoms with Gasteiger partial charge in [-0.3, -0.25) is 4.21 Å². The van der Waals surface area contributed by atoms with Gasteiger partial charge < -0.3 is 5.32 Å². The molecular weight excluding hydrogens is 242 g/mol. The highest BCUT2D eigenvalue weighted by Gasteiger charge is 2.18. The van der Waals surface area contributed by atoms with Crippen LogP contribution in [0.15, 0.2) is 24.3 Å². The van der Waals surface area contributed by atoms with E-state index in [1.54, 1.807) is 0 Å². The van der Waals surface area contributed by atoms with Gasteiger partial charge in [-0.05, 0) is 40.2 Å². The monoisotopic (exact) mass is 267 g/mol. The third kappa shape index (κ3) is 4.91. The van der Waals surface area contributed by atoms with Gasteiger partial charge in [0.2, 0.25) is 0 Å². The molecule has 1 N–H and O–H groups in total. The third-order valence-corrected chi connectivity index (χ3v) is 4.90. The summed E-state index contributed by atoms with van der Waals surface area (Å²) in [6, 6.07) is 8.81. The molecule has 18 heavy (non-hydrogen) atoms. The van der Waals surface area contributed by atoms with Crippen molar-refractivity contribution in [2.45, 2.75) is 45.4 Å². The van der Waals surface area contributed by atoms with E-state index in [1.807, 2.05) is 20.8 Å². The van der Waals surface area contributed by atoms with Crippen molar-refractivity contribution in [1.82, 2.24) is 5.32 Å². The Morgan fingerprint density at radius 3 is 2.56 bits per heavy atom. The van der Waals surface area contributed by atoms with Gasteiger partial charge >= 0.3 is 0 Å². The Balaban J connectivity index is 2.43. The summed E-state index contributed by atoms with van der Waals surface area (Å²) in [6.45, 7) is 11.1. The average Bonchev–Trinajstić information content (AvgIpc) is 2.27. The van der Waals surface area contributed by atoms with E-state index in [4.69, 9.17) is 0 Å². The minimum atomic E-state index is -0.777. The summed E-state index contributed by atoms with van der Waals surface area (Å²) in [4.78, 5) is 0. The minimum Gasteiger partial charge on any atom is -0.309 e. The highest BCUT2D eigenvalue weighted by Crippen LogP contribution is 2.14. The number of nitrogens with one attached hydrogen (secondary N) is 1. The van der Waals surface area contributed by atoms with Crippen molar-refractivity contribution in [3.05, 3.63) is 35.4 Å². The van der Waals surface area contributed by atoms with E-state index in [0.29, 0.717) is 11.8 Å². The molecule has 0 bridgehead atoms. The molecule has 0 fully saturated rings. The van der Waals surface area contributed by atoms with Crippen LogP contribution in [0.4, 0.5) is 0 Å². The fourth-order valence-corrected chi connectivity index (χ4v) is 2.65. The van der Waals surface area contributed by atoms with E-state index >= 15 is 0 Å². The van der Waals surface area contributed by atoms with Crippen LogP contribution < -0.4 is 5.32 Å². The molecule has 0 aliphatic heterocycles. The van der Waals surface area contributed by atoms with Crippen molar-refractivity contribution in [1.29, 1.82) is 0 Å². The number of hydrogen-bond acceptors (Lipinski definition) is 2. The quantitative estimate of drug-likeness (QED) is 0.887. The highest BCUT2D eigenvalue weighted by molar-refractivity contribution is 7.86. The van der Waals surface area contributed by atoms with E-state index < -0.39 is 10.8 Å². The van der Waals surface area contributed by atoms with Crippen LogP contribution in [0, 0.1) is 6.92 Å². The number of benzene rings is 1. The lowest BCUT2D eigenvalue weighted by molar-refractivity contribution is 0.591. The molecule has 1 aromatic rings. The second-order valence-electron chi connectivity index (χ2n) is 5.75. The summed E-state index contributed by atoms with van der Waals surface area (Å²) in [5.41, 5.74) is 2.57. The zero-order chi connectivity index (χ0) is 13.8. The molecule has 0 aliphatic rings. The summed E-state index contributed by atoms with van der Waals surface area (Å²) >= 11 is 0. The molecule has 0 spiro atoms. The van der Waals surface area contributed by atoms with Crippen molar-refractivity contribution < 1.29 is 4.21 Å². The van der Waals surface area contributed by atoms with Gasteiger partial charge in [-0.2, -0.15) is 0 Å². The topological polar surface area (TPSA) is 29.1 Å². The molecule has 0 heterocycles. The standard InChI is InChI=1S/C15H25NOS/c1-12-7-6-8-14(11-12)13(2)16-9-10-18(17)15(3,4)5/h6-8,11,13,16H,9-10H2,1-5H3/t13-,18-/m0/s1. The van der Waals surface area contributed by atoms with E-state index in [9.17, 15) is 4.21 Å². The molecule has 2 atom stereocenters. The maximum Gasteiger partial charge on any atom is 0.0375 e. The number of hydrogen-bond donors (Lipinski definition) is 1. The first-order valence-electron chi connectivity index (χ1n) is 6.49. The van der Waals surface area contributed by atoms with Crippen molar-refractivity contribution in [3.8, 4) is 0 Å². The third-order valence-electron chi connectivity index (χ3n) is 2.96. The first-order valence-corrected chi connectivity index (χ1v) is 7.81. The van der Waals surface area contributed by atoms with Crippen LogP contribution in [0.3, 0.4) is 0 Å². The molecular formula is C15H25NOS. The summed E-state index contributed by atoms with van der Waals surface area (Å²) in [5.74, 6) is 0.708. The lowest BCUT2D eigenvalue weighted by Crippen LogP contribution is -2.30.